The number of rotatable bonds is 13. The molecular weight excluding hydrogens is 318 g/mol. The minimum Gasteiger partial charge on any atom is -0.463 e. The van der Waals surface area contributed by atoms with Gasteiger partial charge >= 0.3 is 11.9 Å². The van der Waals surface area contributed by atoms with Crippen LogP contribution in [0.25, 0.3) is 0 Å². The van der Waals surface area contributed by atoms with E-state index in [1.165, 1.54) is 6.92 Å². The second kappa shape index (κ2) is 13.7. The number of nitrogens with two attached hydrogens (primary N) is 2. The highest BCUT2D eigenvalue weighted by Gasteiger charge is 2.19. The molecule has 0 bridgehead atoms. The molecule has 1 amide bonds. The Balaban J connectivity index is 3.88. The minimum absolute atomic E-state index is 0.0648. The molecule has 0 radical (unpaired) electrons. The minimum atomic E-state index is -1.04. The van der Waals surface area contributed by atoms with Crippen molar-refractivity contribution in [3.8, 4) is 0 Å². The van der Waals surface area contributed by atoms with Gasteiger partial charge < -0.3 is 31.4 Å². The van der Waals surface area contributed by atoms with Crippen LogP contribution in [0, 0.1) is 0 Å². The summed E-state index contributed by atoms with van der Waals surface area (Å²) in [5, 5.41) is 11.1. The van der Waals surface area contributed by atoms with E-state index in [1.54, 1.807) is 0 Å². The highest BCUT2D eigenvalue weighted by Crippen LogP contribution is 2.00. The summed E-state index contributed by atoms with van der Waals surface area (Å²) >= 11 is 0. The predicted octanol–water partition coefficient (Wildman–Crippen LogP) is -1.19. The molecule has 2 atom stereocenters. The lowest BCUT2D eigenvalue weighted by Gasteiger charge is -2.14. The fourth-order valence-electron chi connectivity index (χ4n) is 1.72. The zero-order chi connectivity index (χ0) is 18.4. The van der Waals surface area contributed by atoms with E-state index in [4.69, 9.17) is 26.0 Å². The zero-order valence-electron chi connectivity index (χ0n) is 14.2. The largest absolute Gasteiger partial charge is 0.463 e. The maximum absolute atomic E-state index is 11.7. The number of hydrogen-bond donors (Lipinski definition) is 4. The zero-order valence-corrected chi connectivity index (χ0v) is 14.2. The summed E-state index contributed by atoms with van der Waals surface area (Å²) in [7, 11) is 0. The fraction of sp³-hybridized carbons (Fsp3) is 0.800. The third-order valence-electron chi connectivity index (χ3n) is 3.12. The van der Waals surface area contributed by atoms with Gasteiger partial charge in [-0.25, -0.2) is 4.79 Å². The summed E-state index contributed by atoms with van der Waals surface area (Å²) in [6.45, 7) is 2.01. The molecule has 9 nitrogen and oxygen atoms in total. The lowest BCUT2D eigenvalue weighted by atomic mass is 10.1. The Hall–Kier alpha value is -1.71. The lowest BCUT2D eigenvalue weighted by Crippen LogP contribution is -2.41. The van der Waals surface area contributed by atoms with Crippen molar-refractivity contribution in [3.05, 3.63) is 0 Å². The summed E-state index contributed by atoms with van der Waals surface area (Å²) < 4.78 is 9.69. The van der Waals surface area contributed by atoms with E-state index in [2.05, 4.69) is 5.32 Å². The van der Waals surface area contributed by atoms with Gasteiger partial charge in [0, 0.05) is 19.6 Å². The van der Waals surface area contributed by atoms with E-state index in [0.717, 1.165) is 12.8 Å². The smallest absolute Gasteiger partial charge is 0.347 e. The van der Waals surface area contributed by atoms with Gasteiger partial charge in [0.2, 0.25) is 5.91 Å². The van der Waals surface area contributed by atoms with E-state index in [1.807, 2.05) is 0 Å². The Morgan fingerprint density at radius 3 is 2.54 bits per heavy atom. The van der Waals surface area contributed by atoms with E-state index in [9.17, 15) is 14.4 Å². The van der Waals surface area contributed by atoms with Crippen LogP contribution in [0.3, 0.4) is 0 Å². The highest BCUT2D eigenvalue weighted by molar-refractivity contribution is 5.82. The Morgan fingerprint density at radius 2 is 1.92 bits per heavy atom. The standard InChI is InChI=1S/C15H29N3O6/c1-11(15(22)23-10-4-9-19)24-13(20)6-8-18-14(21)12(17)5-2-3-7-16/h11-12,19H,2-10,16-17H2,1H3,(H,18,21). The fourth-order valence-corrected chi connectivity index (χ4v) is 1.72. The second-order valence-electron chi connectivity index (χ2n) is 5.31. The van der Waals surface area contributed by atoms with Gasteiger partial charge in [-0.15, -0.1) is 0 Å². The lowest BCUT2D eigenvalue weighted by molar-refractivity contribution is -0.166. The molecule has 0 rings (SSSR count). The molecule has 6 N–H and O–H groups in total. The number of carbonyl (C=O) groups excluding carboxylic acids is 3. The number of amides is 1. The van der Waals surface area contributed by atoms with Gasteiger partial charge in [0.15, 0.2) is 6.10 Å². The van der Waals surface area contributed by atoms with Crippen molar-refractivity contribution < 1.29 is 29.0 Å². The first-order chi connectivity index (χ1) is 11.4. The third kappa shape index (κ3) is 10.9. The Kier molecular flexibility index (Phi) is 12.7. The molecule has 0 saturated carbocycles. The average Bonchev–Trinajstić information content (AvgIpc) is 2.54. The van der Waals surface area contributed by atoms with Gasteiger partial charge in [-0.2, -0.15) is 0 Å². The quantitative estimate of drug-likeness (QED) is 0.239. The first kappa shape index (κ1) is 22.3. The number of esters is 2. The normalized spacial score (nSPS) is 13.0. The van der Waals surface area contributed by atoms with Crippen molar-refractivity contribution in [1.29, 1.82) is 0 Å². The monoisotopic (exact) mass is 347 g/mol. The van der Waals surface area contributed by atoms with Gasteiger partial charge in [0.1, 0.15) is 0 Å². The van der Waals surface area contributed by atoms with Crippen LogP contribution >= 0.6 is 0 Å². The first-order valence-corrected chi connectivity index (χ1v) is 8.12. The summed E-state index contributed by atoms with van der Waals surface area (Å²) in [5.41, 5.74) is 11.1. The molecule has 0 heterocycles. The molecule has 0 aliphatic carbocycles. The molecule has 0 aromatic carbocycles. The van der Waals surface area contributed by atoms with E-state index in [-0.39, 0.29) is 32.1 Å². The molecule has 0 aromatic heterocycles. The van der Waals surface area contributed by atoms with E-state index in [0.29, 0.717) is 19.4 Å². The van der Waals surface area contributed by atoms with Gasteiger partial charge in [-0.3, -0.25) is 9.59 Å². The van der Waals surface area contributed by atoms with Gasteiger partial charge in [0.25, 0.3) is 0 Å². The molecule has 9 heteroatoms. The maximum atomic E-state index is 11.7. The van der Waals surface area contributed by atoms with Crippen LogP contribution in [0.5, 0.6) is 0 Å². The Bertz CT molecular complexity index is 391. The number of carbonyl (C=O) groups is 3. The van der Waals surface area contributed by atoms with Crippen molar-refractivity contribution in [2.45, 2.75) is 51.2 Å². The predicted molar refractivity (Wildman–Crippen MR) is 86.7 cm³/mol. The van der Waals surface area contributed by atoms with Crippen molar-refractivity contribution in [2.24, 2.45) is 11.5 Å². The first-order valence-electron chi connectivity index (χ1n) is 8.12. The molecule has 0 fully saturated rings. The third-order valence-corrected chi connectivity index (χ3v) is 3.12. The number of aliphatic hydroxyl groups excluding tert-OH is 1. The van der Waals surface area contributed by atoms with Crippen LogP contribution in [0.2, 0.25) is 0 Å². The van der Waals surface area contributed by atoms with Gasteiger partial charge in [-0.1, -0.05) is 6.42 Å². The number of nitrogens with one attached hydrogen (secondary N) is 1. The van der Waals surface area contributed by atoms with Crippen molar-refractivity contribution in [3.63, 3.8) is 0 Å². The number of hydrogen-bond acceptors (Lipinski definition) is 8. The molecule has 24 heavy (non-hydrogen) atoms. The van der Waals surface area contributed by atoms with Crippen molar-refractivity contribution >= 4 is 17.8 Å². The summed E-state index contributed by atoms with van der Waals surface area (Å²) in [5.74, 6) is -1.64. The molecule has 0 aliphatic heterocycles. The Morgan fingerprint density at radius 1 is 1.21 bits per heavy atom. The maximum Gasteiger partial charge on any atom is 0.347 e. The number of aliphatic hydroxyl groups is 1. The molecular formula is C15H29N3O6. The molecule has 0 saturated heterocycles. The number of ether oxygens (including phenoxy) is 2. The van der Waals surface area contributed by atoms with Crippen LogP contribution in [-0.2, 0) is 23.9 Å². The van der Waals surface area contributed by atoms with Crippen LogP contribution in [0.15, 0.2) is 0 Å². The molecule has 2 unspecified atom stereocenters. The highest BCUT2D eigenvalue weighted by atomic mass is 16.6. The van der Waals surface area contributed by atoms with Gasteiger partial charge in [0.05, 0.1) is 19.1 Å². The summed E-state index contributed by atoms with van der Waals surface area (Å²) in [6.07, 6.45) is 1.32. The van der Waals surface area contributed by atoms with E-state index >= 15 is 0 Å². The molecule has 0 aliphatic rings. The van der Waals surface area contributed by atoms with Crippen LogP contribution < -0.4 is 16.8 Å². The van der Waals surface area contributed by atoms with Crippen LogP contribution in [0.4, 0.5) is 0 Å². The topological polar surface area (TPSA) is 154 Å². The molecule has 0 spiro atoms. The summed E-state index contributed by atoms with van der Waals surface area (Å²) in [6, 6.07) is -0.631. The summed E-state index contributed by atoms with van der Waals surface area (Å²) in [4.78, 5) is 34.7. The molecule has 0 aromatic rings. The second-order valence-corrected chi connectivity index (χ2v) is 5.31. The van der Waals surface area contributed by atoms with E-state index < -0.39 is 24.1 Å². The van der Waals surface area contributed by atoms with Crippen molar-refractivity contribution in [1.82, 2.24) is 5.32 Å². The van der Waals surface area contributed by atoms with Crippen LogP contribution in [-0.4, -0.2) is 61.4 Å². The van der Waals surface area contributed by atoms with Gasteiger partial charge in [-0.05, 0) is 26.3 Å². The number of unbranched alkanes of at least 4 members (excludes halogenated alkanes) is 1. The average molecular weight is 347 g/mol. The van der Waals surface area contributed by atoms with Crippen LogP contribution in [0.1, 0.15) is 39.0 Å². The van der Waals surface area contributed by atoms with Crippen molar-refractivity contribution in [2.75, 3.05) is 26.3 Å². The SMILES string of the molecule is CC(OC(=O)CCNC(=O)C(N)CCCCN)C(=O)OCCCO. The molecule has 140 valence electrons. The Labute approximate surface area is 142 Å².